The molecule has 0 aliphatic rings. The predicted octanol–water partition coefficient (Wildman–Crippen LogP) is 5.42. The van der Waals surface area contributed by atoms with E-state index in [0.717, 1.165) is 28.9 Å². The lowest BCUT2D eigenvalue weighted by molar-refractivity contribution is 0.252. The van der Waals surface area contributed by atoms with Crippen molar-refractivity contribution in [2.24, 2.45) is 5.84 Å². The van der Waals surface area contributed by atoms with E-state index >= 15 is 0 Å². The summed E-state index contributed by atoms with van der Waals surface area (Å²) in [6.07, 6.45) is 0.836. The van der Waals surface area contributed by atoms with Crippen LogP contribution in [0.25, 0.3) is 11.1 Å². The molecule has 156 valence electrons. The van der Waals surface area contributed by atoms with Gasteiger partial charge >= 0.3 is 6.03 Å². The second-order valence-electron chi connectivity index (χ2n) is 7.48. The number of urea groups is 1. The number of carbonyl (C=O) groups is 1. The Labute approximate surface area is 178 Å². The highest BCUT2D eigenvalue weighted by atomic mass is 16.5. The van der Waals surface area contributed by atoms with Gasteiger partial charge in [-0.1, -0.05) is 48.9 Å². The third-order valence-electron chi connectivity index (χ3n) is 5.27. The Morgan fingerprint density at radius 1 is 1.00 bits per heavy atom. The third-order valence-corrected chi connectivity index (χ3v) is 5.27. The molecule has 0 saturated heterocycles. The van der Waals surface area contributed by atoms with E-state index in [2.05, 4.69) is 68.8 Å². The Kier molecular flexibility index (Phi) is 6.75. The smallest absolute Gasteiger partial charge is 0.333 e. The number of nitrogens with two attached hydrogens (primary N) is 1. The fraction of sp³-hybridized carbons (Fsp3) is 0.240. The molecule has 0 saturated carbocycles. The number of aryl methyl sites for hydroxylation is 4. The van der Waals surface area contributed by atoms with Gasteiger partial charge in [0.15, 0.2) is 0 Å². The van der Waals surface area contributed by atoms with E-state index in [1.54, 1.807) is 0 Å². The van der Waals surface area contributed by atoms with Crippen LogP contribution in [0.4, 0.5) is 10.5 Å². The van der Waals surface area contributed by atoms with E-state index in [1.165, 1.54) is 22.3 Å². The van der Waals surface area contributed by atoms with E-state index in [9.17, 15) is 4.79 Å². The highest BCUT2D eigenvalue weighted by Crippen LogP contribution is 2.30. The van der Waals surface area contributed by atoms with Gasteiger partial charge in [-0.2, -0.15) is 0 Å². The van der Waals surface area contributed by atoms with Crippen molar-refractivity contribution in [3.05, 3.63) is 82.4 Å². The number of rotatable bonds is 6. The van der Waals surface area contributed by atoms with E-state index < -0.39 is 6.03 Å². The Morgan fingerprint density at radius 2 is 1.80 bits per heavy atom. The number of ether oxygens (including phenoxy) is 1. The van der Waals surface area contributed by atoms with Gasteiger partial charge in [0, 0.05) is 11.3 Å². The van der Waals surface area contributed by atoms with Gasteiger partial charge in [0.05, 0.1) is 0 Å². The van der Waals surface area contributed by atoms with Crippen LogP contribution in [0.1, 0.15) is 34.7 Å². The fourth-order valence-corrected chi connectivity index (χ4v) is 3.68. The zero-order chi connectivity index (χ0) is 21.7. The number of hydrogen-bond donors (Lipinski definition) is 3. The number of carbonyl (C=O) groups excluding carboxylic acids is 1. The largest absolute Gasteiger partial charge is 0.489 e. The molecule has 5 heteroatoms. The Hall–Kier alpha value is -3.31. The summed E-state index contributed by atoms with van der Waals surface area (Å²) in [5.41, 5.74) is 10.8. The lowest BCUT2D eigenvalue weighted by Crippen LogP contribution is -2.34. The van der Waals surface area contributed by atoms with Crippen molar-refractivity contribution in [1.82, 2.24) is 5.43 Å². The first kappa shape index (κ1) is 21.4. The minimum Gasteiger partial charge on any atom is -0.489 e. The molecule has 0 bridgehead atoms. The lowest BCUT2D eigenvalue weighted by Gasteiger charge is -2.17. The zero-order valence-corrected chi connectivity index (χ0v) is 18.0. The molecule has 0 aliphatic heterocycles. The first-order chi connectivity index (χ1) is 14.4. The molecule has 3 rings (SSSR count). The number of nitrogens with one attached hydrogen (secondary N) is 2. The van der Waals surface area contributed by atoms with Crippen molar-refractivity contribution in [3.63, 3.8) is 0 Å². The minimum atomic E-state index is -0.460. The summed E-state index contributed by atoms with van der Waals surface area (Å²) in [6, 6.07) is 18.1. The van der Waals surface area contributed by atoms with E-state index in [4.69, 9.17) is 10.6 Å². The quantitative estimate of drug-likeness (QED) is 0.292. The second kappa shape index (κ2) is 9.46. The van der Waals surface area contributed by atoms with Crippen molar-refractivity contribution in [2.45, 2.75) is 40.7 Å². The van der Waals surface area contributed by atoms with Crippen molar-refractivity contribution < 1.29 is 9.53 Å². The molecule has 5 nitrogen and oxygen atoms in total. The Bertz CT molecular complexity index is 1060. The molecular formula is C25H29N3O2. The molecule has 0 fully saturated rings. The lowest BCUT2D eigenvalue weighted by atomic mass is 9.97. The molecule has 2 amide bonds. The average molecular weight is 404 g/mol. The Balaban J connectivity index is 1.83. The van der Waals surface area contributed by atoms with Gasteiger partial charge in [0.2, 0.25) is 0 Å². The maximum atomic E-state index is 11.7. The summed E-state index contributed by atoms with van der Waals surface area (Å²) in [6.45, 7) is 8.72. The van der Waals surface area contributed by atoms with Crippen LogP contribution in [0.2, 0.25) is 0 Å². The summed E-state index contributed by atoms with van der Waals surface area (Å²) in [5, 5.41) is 2.77. The monoisotopic (exact) mass is 403 g/mol. The topological polar surface area (TPSA) is 76.4 Å². The molecule has 30 heavy (non-hydrogen) atoms. The van der Waals surface area contributed by atoms with Gasteiger partial charge in [-0.15, -0.1) is 0 Å². The van der Waals surface area contributed by atoms with Gasteiger partial charge in [0.1, 0.15) is 12.4 Å². The fourth-order valence-electron chi connectivity index (χ4n) is 3.68. The highest BCUT2D eigenvalue weighted by Gasteiger charge is 2.12. The molecule has 0 radical (unpaired) electrons. The third kappa shape index (κ3) is 4.81. The van der Waals surface area contributed by atoms with E-state index in [0.29, 0.717) is 12.3 Å². The summed E-state index contributed by atoms with van der Waals surface area (Å²) in [4.78, 5) is 11.7. The van der Waals surface area contributed by atoms with Crippen LogP contribution in [0.15, 0.2) is 54.6 Å². The molecule has 0 aliphatic carbocycles. The van der Waals surface area contributed by atoms with Crippen LogP contribution >= 0.6 is 0 Å². The number of anilines is 1. The van der Waals surface area contributed by atoms with Crippen LogP contribution in [-0.4, -0.2) is 6.03 Å². The van der Waals surface area contributed by atoms with Crippen molar-refractivity contribution >= 4 is 11.7 Å². The maximum Gasteiger partial charge on any atom is 0.333 e. The van der Waals surface area contributed by atoms with Gasteiger partial charge in [-0.25, -0.2) is 10.6 Å². The van der Waals surface area contributed by atoms with Crippen LogP contribution in [-0.2, 0) is 13.0 Å². The van der Waals surface area contributed by atoms with Crippen molar-refractivity contribution in [2.75, 3.05) is 5.32 Å². The molecule has 0 heterocycles. The summed E-state index contributed by atoms with van der Waals surface area (Å²) in [5.74, 6) is 6.04. The van der Waals surface area contributed by atoms with Gasteiger partial charge < -0.3 is 10.1 Å². The first-order valence-electron chi connectivity index (χ1n) is 10.1. The standard InChI is InChI=1S/C25H29N3O2/c1-5-19-7-6-8-23(27-25(29)28-26)22(19)15-30-24-12-10-20(14-18(24)4)21-11-9-16(2)13-17(21)3/h6-14H,5,15,26H2,1-4H3,(H2,27,28,29). The first-order valence-corrected chi connectivity index (χ1v) is 10.1. The minimum absolute atomic E-state index is 0.355. The van der Waals surface area contributed by atoms with Crippen LogP contribution in [0.5, 0.6) is 5.75 Å². The molecule has 0 spiro atoms. The SMILES string of the molecule is CCc1cccc(NC(=O)NN)c1COc1ccc(-c2ccc(C)cc2C)cc1C. The maximum absolute atomic E-state index is 11.7. The van der Waals surface area contributed by atoms with E-state index in [-0.39, 0.29) is 0 Å². The van der Waals surface area contributed by atoms with Crippen molar-refractivity contribution in [1.29, 1.82) is 0 Å². The van der Waals surface area contributed by atoms with E-state index in [1.807, 2.05) is 24.3 Å². The number of amides is 2. The zero-order valence-electron chi connectivity index (χ0n) is 18.0. The molecule has 0 atom stereocenters. The Morgan fingerprint density at radius 3 is 2.47 bits per heavy atom. The van der Waals surface area contributed by atoms with Crippen LogP contribution in [0.3, 0.4) is 0 Å². The number of benzene rings is 3. The number of hydrogen-bond acceptors (Lipinski definition) is 3. The molecule has 0 unspecified atom stereocenters. The van der Waals surface area contributed by atoms with Gasteiger partial charge in [-0.3, -0.25) is 5.43 Å². The molecule has 3 aromatic carbocycles. The van der Waals surface area contributed by atoms with Gasteiger partial charge in [0.25, 0.3) is 0 Å². The highest BCUT2D eigenvalue weighted by molar-refractivity contribution is 5.89. The van der Waals surface area contributed by atoms with Crippen LogP contribution in [0, 0.1) is 20.8 Å². The number of hydrazine groups is 1. The average Bonchev–Trinajstić information content (AvgIpc) is 2.73. The molecular weight excluding hydrogens is 374 g/mol. The van der Waals surface area contributed by atoms with Crippen molar-refractivity contribution in [3.8, 4) is 16.9 Å². The summed E-state index contributed by atoms with van der Waals surface area (Å²) in [7, 11) is 0. The van der Waals surface area contributed by atoms with Crippen LogP contribution < -0.4 is 21.3 Å². The summed E-state index contributed by atoms with van der Waals surface area (Å²) >= 11 is 0. The normalized spacial score (nSPS) is 10.6. The molecule has 4 N–H and O–H groups in total. The second-order valence-corrected chi connectivity index (χ2v) is 7.48. The molecule has 3 aromatic rings. The predicted molar refractivity (Wildman–Crippen MR) is 123 cm³/mol. The molecule has 0 aromatic heterocycles. The van der Waals surface area contributed by atoms with Gasteiger partial charge in [-0.05, 0) is 73.2 Å². The summed E-state index contributed by atoms with van der Waals surface area (Å²) < 4.78 is 6.16.